The fourth-order valence-electron chi connectivity index (χ4n) is 2.49. The summed E-state index contributed by atoms with van der Waals surface area (Å²) in [6, 6.07) is 17.8. The molecule has 5 nitrogen and oxygen atoms in total. The summed E-state index contributed by atoms with van der Waals surface area (Å²) in [5, 5.41) is 6.98. The Morgan fingerprint density at radius 1 is 0.923 bits per heavy atom. The SMILES string of the molecule is C/C(=N\NC(=O)C(CC(C)C)NC(=O)c1ccccc1)c1ccccc1. The van der Waals surface area contributed by atoms with Crippen molar-refractivity contribution in [2.45, 2.75) is 33.2 Å². The van der Waals surface area contributed by atoms with Crippen molar-refractivity contribution in [3.05, 3.63) is 71.8 Å². The monoisotopic (exact) mass is 351 g/mol. The van der Waals surface area contributed by atoms with Crippen LogP contribution in [0.5, 0.6) is 0 Å². The van der Waals surface area contributed by atoms with Gasteiger partial charge in [-0.25, -0.2) is 5.43 Å². The Morgan fingerprint density at radius 2 is 1.46 bits per heavy atom. The smallest absolute Gasteiger partial charge is 0.262 e. The molecule has 1 atom stereocenters. The molecule has 2 N–H and O–H groups in total. The second kappa shape index (κ2) is 9.51. The first-order valence-electron chi connectivity index (χ1n) is 8.73. The molecule has 0 spiro atoms. The highest BCUT2D eigenvalue weighted by Crippen LogP contribution is 2.07. The summed E-state index contributed by atoms with van der Waals surface area (Å²) < 4.78 is 0. The number of carbonyl (C=O) groups is 2. The maximum absolute atomic E-state index is 12.5. The maximum Gasteiger partial charge on any atom is 0.262 e. The molecule has 136 valence electrons. The molecule has 0 aliphatic carbocycles. The standard InChI is InChI=1S/C21H25N3O2/c1-15(2)14-19(22-20(25)18-12-8-5-9-13-18)21(26)24-23-16(3)17-10-6-4-7-11-17/h4-13,15,19H,14H2,1-3H3,(H,22,25)(H,24,26)/b23-16+. The highest BCUT2D eigenvalue weighted by molar-refractivity contribution is 6.00. The first kappa shape index (κ1) is 19.4. The molecule has 26 heavy (non-hydrogen) atoms. The maximum atomic E-state index is 12.5. The van der Waals surface area contributed by atoms with Gasteiger partial charge in [-0.1, -0.05) is 62.4 Å². The minimum absolute atomic E-state index is 0.251. The number of nitrogens with one attached hydrogen (secondary N) is 2. The van der Waals surface area contributed by atoms with E-state index in [1.807, 2.05) is 57.2 Å². The molecular formula is C21H25N3O2. The van der Waals surface area contributed by atoms with E-state index < -0.39 is 6.04 Å². The molecule has 0 aliphatic rings. The Labute approximate surface area is 154 Å². The quantitative estimate of drug-likeness (QED) is 0.593. The van der Waals surface area contributed by atoms with E-state index in [1.54, 1.807) is 24.3 Å². The molecule has 0 bridgehead atoms. The van der Waals surface area contributed by atoms with E-state index in [1.165, 1.54) is 0 Å². The van der Waals surface area contributed by atoms with E-state index >= 15 is 0 Å². The minimum Gasteiger partial charge on any atom is -0.340 e. The lowest BCUT2D eigenvalue weighted by Crippen LogP contribution is -2.46. The van der Waals surface area contributed by atoms with Gasteiger partial charge in [0.1, 0.15) is 6.04 Å². The fraction of sp³-hybridized carbons (Fsp3) is 0.286. The molecule has 0 saturated heterocycles. The summed E-state index contributed by atoms with van der Waals surface area (Å²) in [7, 11) is 0. The third-order valence-electron chi connectivity index (χ3n) is 3.89. The zero-order valence-electron chi connectivity index (χ0n) is 15.4. The number of hydrazone groups is 1. The van der Waals surface area contributed by atoms with Gasteiger partial charge in [0.15, 0.2) is 0 Å². The summed E-state index contributed by atoms with van der Waals surface area (Å²) >= 11 is 0. The predicted molar refractivity (Wildman–Crippen MR) is 104 cm³/mol. The lowest BCUT2D eigenvalue weighted by atomic mass is 10.0. The summed E-state index contributed by atoms with van der Waals surface area (Å²) in [4.78, 5) is 24.9. The fourth-order valence-corrected chi connectivity index (χ4v) is 2.49. The number of hydrogen-bond donors (Lipinski definition) is 2. The van der Waals surface area contributed by atoms with Gasteiger partial charge in [0.05, 0.1) is 5.71 Å². The second-order valence-electron chi connectivity index (χ2n) is 6.56. The largest absolute Gasteiger partial charge is 0.340 e. The van der Waals surface area contributed by atoms with Crippen LogP contribution in [0, 0.1) is 5.92 Å². The number of hydrogen-bond acceptors (Lipinski definition) is 3. The van der Waals surface area contributed by atoms with E-state index in [0.29, 0.717) is 17.7 Å². The van der Waals surface area contributed by atoms with Crippen LogP contribution in [0.3, 0.4) is 0 Å². The molecule has 2 aromatic rings. The molecule has 2 aromatic carbocycles. The summed E-state index contributed by atoms with van der Waals surface area (Å²) in [5.41, 5.74) is 4.74. The van der Waals surface area contributed by atoms with Gasteiger partial charge in [0.2, 0.25) is 0 Å². The van der Waals surface area contributed by atoms with Crippen molar-refractivity contribution in [3.63, 3.8) is 0 Å². The average molecular weight is 351 g/mol. The van der Waals surface area contributed by atoms with Crippen LogP contribution in [-0.4, -0.2) is 23.6 Å². The molecule has 0 fully saturated rings. The minimum atomic E-state index is -0.643. The second-order valence-corrected chi connectivity index (χ2v) is 6.56. The van der Waals surface area contributed by atoms with Crippen LogP contribution in [0.4, 0.5) is 0 Å². The van der Waals surface area contributed by atoms with Crippen molar-refractivity contribution in [3.8, 4) is 0 Å². The van der Waals surface area contributed by atoms with Crippen LogP contribution in [0.2, 0.25) is 0 Å². The molecule has 0 aromatic heterocycles. The zero-order chi connectivity index (χ0) is 18.9. The first-order valence-corrected chi connectivity index (χ1v) is 8.73. The molecule has 2 rings (SSSR count). The third-order valence-corrected chi connectivity index (χ3v) is 3.89. The zero-order valence-corrected chi connectivity index (χ0v) is 15.4. The Balaban J connectivity index is 2.05. The Morgan fingerprint density at radius 3 is 2.00 bits per heavy atom. The molecule has 2 amide bonds. The number of benzene rings is 2. The molecule has 0 aliphatic heterocycles. The number of nitrogens with zero attached hydrogens (tertiary/aromatic N) is 1. The Kier molecular flexibility index (Phi) is 7.09. The highest BCUT2D eigenvalue weighted by atomic mass is 16.2. The van der Waals surface area contributed by atoms with E-state index in [2.05, 4.69) is 15.8 Å². The van der Waals surface area contributed by atoms with Gasteiger partial charge >= 0.3 is 0 Å². The predicted octanol–water partition coefficient (Wildman–Crippen LogP) is 3.37. The van der Waals surface area contributed by atoms with Crippen LogP contribution in [0.25, 0.3) is 0 Å². The molecular weight excluding hydrogens is 326 g/mol. The summed E-state index contributed by atoms with van der Waals surface area (Å²) in [6.45, 7) is 5.84. The van der Waals surface area contributed by atoms with Crippen LogP contribution in [-0.2, 0) is 4.79 Å². The van der Waals surface area contributed by atoms with Crippen LogP contribution in [0.1, 0.15) is 43.1 Å². The van der Waals surface area contributed by atoms with Crippen LogP contribution < -0.4 is 10.7 Å². The van der Waals surface area contributed by atoms with Crippen molar-refractivity contribution < 1.29 is 9.59 Å². The van der Waals surface area contributed by atoms with Crippen LogP contribution in [0.15, 0.2) is 65.8 Å². The van der Waals surface area contributed by atoms with Gasteiger partial charge in [-0.2, -0.15) is 5.10 Å². The topological polar surface area (TPSA) is 70.6 Å². The summed E-state index contributed by atoms with van der Waals surface area (Å²) in [6.07, 6.45) is 0.532. The van der Waals surface area contributed by atoms with Gasteiger partial charge < -0.3 is 5.32 Å². The van der Waals surface area contributed by atoms with E-state index in [-0.39, 0.29) is 17.7 Å². The molecule has 0 heterocycles. The molecule has 5 heteroatoms. The van der Waals surface area contributed by atoms with Crippen molar-refractivity contribution in [2.75, 3.05) is 0 Å². The number of rotatable bonds is 7. The van der Waals surface area contributed by atoms with Crippen molar-refractivity contribution in [2.24, 2.45) is 11.0 Å². The van der Waals surface area contributed by atoms with E-state index in [0.717, 1.165) is 5.56 Å². The van der Waals surface area contributed by atoms with E-state index in [9.17, 15) is 9.59 Å². The van der Waals surface area contributed by atoms with Crippen molar-refractivity contribution in [1.29, 1.82) is 0 Å². The van der Waals surface area contributed by atoms with Gasteiger partial charge in [0, 0.05) is 5.56 Å². The normalized spacial score (nSPS) is 12.5. The Bertz CT molecular complexity index is 755. The van der Waals surface area contributed by atoms with Crippen LogP contribution >= 0.6 is 0 Å². The highest BCUT2D eigenvalue weighted by Gasteiger charge is 2.22. The van der Waals surface area contributed by atoms with Crippen molar-refractivity contribution in [1.82, 2.24) is 10.7 Å². The summed E-state index contributed by atoms with van der Waals surface area (Å²) in [5.74, 6) is -0.338. The molecule has 0 radical (unpaired) electrons. The Hall–Kier alpha value is -2.95. The number of carbonyl (C=O) groups excluding carboxylic acids is 2. The molecule has 1 unspecified atom stereocenters. The van der Waals surface area contributed by atoms with Gasteiger partial charge in [-0.15, -0.1) is 0 Å². The van der Waals surface area contributed by atoms with Gasteiger partial charge in [0.25, 0.3) is 11.8 Å². The van der Waals surface area contributed by atoms with Gasteiger partial charge in [-0.05, 0) is 37.0 Å². The molecule has 0 saturated carbocycles. The van der Waals surface area contributed by atoms with Gasteiger partial charge in [-0.3, -0.25) is 9.59 Å². The lowest BCUT2D eigenvalue weighted by Gasteiger charge is -2.19. The van der Waals surface area contributed by atoms with Crippen molar-refractivity contribution >= 4 is 17.5 Å². The van der Waals surface area contributed by atoms with E-state index in [4.69, 9.17) is 0 Å². The first-order chi connectivity index (χ1) is 12.5. The number of amides is 2. The average Bonchev–Trinajstić information content (AvgIpc) is 2.66. The third kappa shape index (κ3) is 5.84. The lowest BCUT2D eigenvalue weighted by molar-refractivity contribution is -0.123.